The minimum absolute atomic E-state index is 0.644. The molecule has 0 radical (unpaired) electrons. The number of nitrogens with zero attached hydrogens (tertiary/aromatic N) is 2. The number of hydrogen-bond donors (Lipinski definition) is 3. The topological polar surface area (TPSA) is 69.4 Å². The number of piperidine rings is 1. The number of aromatic amines is 2. The predicted molar refractivity (Wildman–Crippen MR) is 96.0 cm³/mol. The van der Waals surface area contributed by atoms with Crippen molar-refractivity contribution in [3.63, 3.8) is 0 Å². The zero-order chi connectivity index (χ0) is 15.9. The quantitative estimate of drug-likeness (QED) is 0.529. The Bertz CT molecular complexity index is 974. The molecule has 24 heavy (non-hydrogen) atoms. The summed E-state index contributed by atoms with van der Waals surface area (Å²) in [6.45, 7) is 2.21. The second-order valence-corrected chi connectivity index (χ2v) is 6.55. The van der Waals surface area contributed by atoms with Crippen molar-refractivity contribution >= 4 is 21.8 Å². The summed E-state index contributed by atoms with van der Waals surface area (Å²) in [4.78, 5) is 7.65. The van der Waals surface area contributed by atoms with E-state index in [0.717, 1.165) is 40.9 Å². The largest absolute Gasteiger partial charge is 0.353 e. The van der Waals surface area contributed by atoms with Crippen LogP contribution in [-0.2, 0) is 0 Å². The smallest absolute Gasteiger partial charge is 0.116 e. The van der Waals surface area contributed by atoms with Crippen LogP contribution in [0, 0.1) is 0 Å². The normalized spacial score (nSPS) is 16.2. The first kappa shape index (κ1) is 13.7. The Kier molecular flexibility index (Phi) is 3.13. The van der Waals surface area contributed by atoms with Crippen molar-refractivity contribution in [2.45, 2.75) is 18.8 Å². The second-order valence-electron chi connectivity index (χ2n) is 6.55. The number of rotatable bonds is 2. The minimum atomic E-state index is 0.644. The number of aromatic nitrogens is 4. The van der Waals surface area contributed by atoms with E-state index in [4.69, 9.17) is 0 Å². The summed E-state index contributed by atoms with van der Waals surface area (Å²) < 4.78 is 0. The van der Waals surface area contributed by atoms with E-state index in [1.807, 2.05) is 12.3 Å². The van der Waals surface area contributed by atoms with Crippen LogP contribution in [0.1, 0.15) is 24.3 Å². The monoisotopic (exact) mass is 317 g/mol. The summed E-state index contributed by atoms with van der Waals surface area (Å²) in [6.07, 6.45) is 6.10. The van der Waals surface area contributed by atoms with E-state index in [2.05, 4.69) is 49.7 Å². The van der Waals surface area contributed by atoms with Gasteiger partial charge in [-0.15, -0.1) is 0 Å². The molecule has 0 atom stereocenters. The molecule has 4 heterocycles. The van der Waals surface area contributed by atoms with Gasteiger partial charge in [-0.25, -0.2) is 0 Å². The Hall–Kier alpha value is -2.66. The fraction of sp³-hybridized carbons (Fsp3) is 0.263. The highest BCUT2D eigenvalue weighted by atomic mass is 15.1. The van der Waals surface area contributed by atoms with Crippen LogP contribution in [0.15, 0.2) is 42.7 Å². The first-order chi connectivity index (χ1) is 11.9. The van der Waals surface area contributed by atoms with E-state index in [0.29, 0.717) is 5.92 Å². The number of fused-ring (bicyclic) bond motifs is 2. The van der Waals surface area contributed by atoms with Crippen LogP contribution >= 0.6 is 0 Å². The molecule has 0 unspecified atom stereocenters. The zero-order valence-electron chi connectivity index (χ0n) is 13.3. The maximum Gasteiger partial charge on any atom is 0.116 e. The van der Waals surface area contributed by atoms with Crippen LogP contribution < -0.4 is 5.32 Å². The molecular formula is C19H19N5. The Morgan fingerprint density at radius 1 is 1.00 bits per heavy atom. The Labute approximate surface area is 139 Å². The Morgan fingerprint density at radius 3 is 2.79 bits per heavy atom. The molecular weight excluding hydrogens is 298 g/mol. The fourth-order valence-electron chi connectivity index (χ4n) is 3.75. The van der Waals surface area contributed by atoms with Gasteiger partial charge in [0.05, 0.1) is 11.2 Å². The van der Waals surface area contributed by atoms with Crippen LogP contribution in [0.4, 0.5) is 0 Å². The van der Waals surface area contributed by atoms with Crippen molar-refractivity contribution in [3.8, 4) is 11.4 Å². The van der Waals surface area contributed by atoms with Gasteiger partial charge in [-0.1, -0.05) is 6.07 Å². The number of hydrogen-bond acceptors (Lipinski definition) is 3. The molecule has 1 aliphatic heterocycles. The summed E-state index contributed by atoms with van der Waals surface area (Å²) in [5, 5.41) is 13.5. The van der Waals surface area contributed by atoms with E-state index in [-0.39, 0.29) is 0 Å². The first-order valence-electron chi connectivity index (χ1n) is 8.50. The van der Waals surface area contributed by atoms with E-state index in [1.165, 1.54) is 23.8 Å². The van der Waals surface area contributed by atoms with Gasteiger partial charge in [0, 0.05) is 28.7 Å². The van der Waals surface area contributed by atoms with Crippen LogP contribution in [0.5, 0.6) is 0 Å². The lowest BCUT2D eigenvalue weighted by molar-refractivity contribution is 0.460. The molecule has 0 amide bonds. The highest BCUT2D eigenvalue weighted by Crippen LogP contribution is 2.32. The van der Waals surface area contributed by atoms with Gasteiger partial charge < -0.3 is 10.3 Å². The third-order valence-electron chi connectivity index (χ3n) is 5.07. The summed E-state index contributed by atoms with van der Waals surface area (Å²) in [5.74, 6) is 0.644. The van der Waals surface area contributed by atoms with Gasteiger partial charge in [-0.05, 0) is 61.7 Å². The standard InChI is InChI=1S/C19H19N5/c1-2-17-15(9-13(1)12-3-6-20-7-4-12)19(24-23-17)18-10-14-11-21-8-5-16(14)22-18/h1-2,5,8-12,20,22H,3-4,6-7H2,(H,23,24). The van der Waals surface area contributed by atoms with Gasteiger partial charge >= 0.3 is 0 Å². The van der Waals surface area contributed by atoms with Gasteiger partial charge in [0.15, 0.2) is 0 Å². The molecule has 5 nitrogen and oxygen atoms in total. The van der Waals surface area contributed by atoms with E-state index in [9.17, 15) is 0 Å². The number of benzene rings is 1. The average molecular weight is 317 g/mol. The van der Waals surface area contributed by atoms with E-state index in [1.54, 1.807) is 6.20 Å². The fourth-order valence-corrected chi connectivity index (χ4v) is 3.75. The maximum absolute atomic E-state index is 4.56. The highest BCUT2D eigenvalue weighted by Gasteiger charge is 2.17. The number of pyridine rings is 1. The molecule has 3 aromatic heterocycles. The molecule has 1 fully saturated rings. The lowest BCUT2D eigenvalue weighted by Crippen LogP contribution is -2.26. The van der Waals surface area contributed by atoms with Crippen molar-refractivity contribution in [2.75, 3.05) is 13.1 Å². The van der Waals surface area contributed by atoms with Gasteiger partial charge in [-0.3, -0.25) is 10.1 Å². The Balaban J connectivity index is 1.62. The molecule has 0 spiro atoms. The number of H-pyrrole nitrogens is 2. The van der Waals surface area contributed by atoms with Crippen LogP contribution in [-0.4, -0.2) is 33.3 Å². The van der Waals surface area contributed by atoms with Gasteiger partial charge in [0.1, 0.15) is 5.69 Å². The molecule has 1 saturated heterocycles. The summed E-state index contributed by atoms with van der Waals surface area (Å²) in [6, 6.07) is 10.8. The Morgan fingerprint density at radius 2 is 1.92 bits per heavy atom. The molecule has 1 aliphatic rings. The predicted octanol–water partition coefficient (Wildman–Crippen LogP) is 3.57. The third kappa shape index (κ3) is 2.20. The van der Waals surface area contributed by atoms with Gasteiger partial charge in [0.2, 0.25) is 0 Å². The van der Waals surface area contributed by atoms with E-state index < -0.39 is 0 Å². The minimum Gasteiger partial charge on any atom is -0.353 e. The SMILES string of the molecule is c1cc2[nH]c(-c3n[nH]c4ccc(C5CCNCC5)cc34)cc2cn1. The van der Waals surface area contributed by atoms with Crippen LogP contribution in [0.25, 0.3) is 33.2 Å². The van der Waals surface area contributed by atoms with Crippen molar-refractivity contribution in [3.05, 3.63) is 48.3 Å². The van der Waals surface area contributed by atoms with Crippen LogP contribution in [0.2, 0.25) is 0 Å². The third-order valence-corrected chi connectivity index (χ3v) is 5.07. The van der Waals surface area contributed by atoms with Crippen molar-refractivity contribution < 1.29 is 0 Å². The first-order valence-corrected chi connectivity index (χ1v) is 8.50. The van der Waals surface area contributed by atoms with Crippen LogP contribution in [0.3, 0.4) is 0 Å². The molecule has 3 N–H and O–H groups in total. The molecule has 0 bridgehead atoms. The molecule has 5 rings (SSSR count). The van der Waals surface area contributed by atoms with Crippen molar-refractivity contribution in [2.24, 2.45) is 0 Å². The van der Waals surface area contributed by atoms with Gasteiger partial charge in [0.25, 0.3) is 0 Å². The second kappa shape index (κ2) is 5.46. The maximum atomic E-state index is 4.56. The molecule has 5 heteroatoms. The summed E-state index contributed by atoms with van der Waals surface area (Å²) in [5.41, 5.74) is 5.61. The van der Waals surface area contributed by atoms with E-state index >= 15 is 0 Å². The molecule has 0 aliphatic carbocycles. The lowest BCUT2D eigenvalue weighted by atomic mass is 9.89. The average Bonchev–Trinajstić information content (AvgIpc) is 3.25. The summed E-state index contributed by atoms with van der Waals surface area (Å²) >= 11 is 0. The molecule has 1 aromatic carbocycles. The van der Waals surface area contributed by atoms with Crippen molar-refractivity contribution in [1.29, 1.82) is 0 Å². The van der Waals surface area contributed by atoms with Crippen molar-refractivity contribution in [1.82, 2.24) is 25.5 Å². The van der Waals surface area contributed by atoms with Gasteiger partial charge in [-0.2, -0.15) is 5.10 Å². The number of nitrogens with one attached hydrogen (secondary N) is 3. The lowest BCUT2D eigenvalue weighted by Gasteiger charge is -2.23. The molecule has 4 aromatic rings. The summed E-state index contributed by atoms with van der Waals surface area (Å²) in [7, 11) is 0. The molecule has 120 valence electrons. The highest BCUT2D eigenvalue weighted by molar-refractivity contribution is 5.95. The molecule has 0 saturated carbocycles. The zero-order valence-corrected chi connectivity index (χ0v) is 13.3.